The molecule has 1 aromatic rings. The molecular weight excluding hydrogens is 268 g/mol. The minimum absolute atomic E-state index is 0.0344. The molecule has 2 unspecified atom stereocenters. The number of anilines is 3. The van der Waals surface area contributed by atoms with Crippen LogP contribution in [-0.4, -0.2) is 65.3 Å². The molecule has 116 valence electrons. The molecule has 7 heteroatoms. The smallest absolute Gasteiger partial charge is 0.223 e. The first-order valence-electron chi connectivity index (χ1n) is 7.59. The lowest BCUT2D eigenvalue weighted by atomic mass is 9.97. The predicted octanol–water partition coefficient (Wildman–Crippen LogP) is -0.0819. The number of hydrogen-bond acceptors (Lipinski definition) is 7. The third-order valence-corrected chi connectivity index (χ3v) is 4.42. The molecule has 7 nitrogen and oxygen atoms in total. The summed E-state index contributed by atoms with van der Waals surface area (Å²) in [6, 6.07) is 0.0344. The van der Waals surface area contributed by atoms with Crippen LogP contribution >= 0.6 is 0 Å². The van der Waals surface area contributed by atoms with Gasteiger partial charge >= 0.3 is 0 Å². The minimum Gasteiger partial charge on any atom is -0.391 e. The molecule has 2 aliphatic rings. The average Bonchev–Trinajstić information content (AvgIpc) is 2.46. The highest BCUT2D eigenvalue weighted by atomic mass is 16.3. The maximum atomic E-state index is 9.77. The van der Waals surface area contributed by atoms with Crippen LogP contribution in [-0.2, 0) is 6.42 Å². The second kappa shape index (κ2) is 5.65. The Morgan fingerprint density at radius 3 is 2.67 bits per heavy atom. The predicted molar refractivity (Wildman–Crippen MR) is 83.6 cm³/mol. The van der Waals surface area contributed by atoms with Crippen LogP contribution in [0, 0.1) is 0 Å². The summed E-state index contributed by atoms with van der Waals surface area (Å²) in [4.78, 5) is 13.4. The number of aromatic nitrogens is 2. The third-order valence-electron chi connectivity index (χ3n) is 4.42. The van der Waals surface area contributed by atoms with Gasteiger partial charge in [-0.05, 0) is 26.8 Å². The Morgan fingerprint density at radius 1 is 1.29 bits per heavy atom. The van der Waals surface area contributed by atoms with Crippen LogP contribution in [0.4, 0.5) is 17.6 Å². The second-order valence-corrected chi connectivity index (χ2v) is 6.05. The molecule has 3 rings (SSSR count). The van der Waals surface area contributed by atoms with E-state index in [2.05, 4.69) is 32.1 Å². The van der Waals surface area contributed by atoms with Crippen LogP contribution in [0.1, 0.15) is 18.9 Å². The maximum absolute atomic E-state index is 9.77. The summed E-state index contributed by atoms with van der Waals surface area (Å²) in [7, 11) is 2.13. The van der Waals surface area contributed by atoms with Crippen molar-refractivity contribution in [1.82, 2.24) is 14.9 Å². The van der Waals surface area contributed by atoms with Crippen molar-refractivity contribution < 1.29 is 5.11 Å². The van der Waals surface area contributed by atoms with E-state index in [4.69, 9.17) is 5.73 Å². The number of likely N-dealkylation sites (N-methyl/N-ethyl adjacent to an activating group) is 1. The Hall–Kier alpha value is -1.60. The first kappa shape index (κ1) is 14.3. The fourth-order valence-electron chi connectivity index (χ4n) is 3.03. The van der Waals surface area contributed by atoms with Gasteiger partial charge in [0.1, 0.15) is 11.6 Å². The fourth-order valence-corrected chi connectivity index (χ4v) is 3.03. The molecule has 0 bridgehead atoms. The van der Waals surface area contributed by atoms with Crippen molar-refractivity contribution in [2.45, 2.75) is 31.9 Å². The Kier molecular flexibility index (Phi) is 3.86. The molecule has 1 saturated heterocycles. The molecule has 2 aliphatic heterocycles. The molecule has 0 aromatic carbocycles. The van der Waals surface area contributed by atoms with Gasteiger partial charge in [-0.1, -0.05) is 0 Å². The van der Waals surface area contributed by atoms with Crippen molar-refractivity contribution in [1.29, 1.82) is 0 Å². The molecule has 4 N–H and O–H groups in total. The molecule has 1 fully saturated rings. The Balaban J connectivity index is 1.89. The summed E-state index contributed by atoms with van der Waals surface area (Å²) in [5.74, 6) is 2.04. The molecule has 0 amide bonds. The molecule has 21 heavy (non-hydrogen) atoms. The Morgan fingerprint density at radius 2 is 2.00 bits per heavy atom. The summed E-state index contributed by atoms with van der Waals surface area (Å²) in [5.41, 5.74) is 7.01. The zero-order valence-electron chi connectivity index (χ0n) is 12.7. The largest absolute Gasteiger partial charge is 0.391 e. The minimum atomic E-state index is -0.401. The quantitative estimate of drug-likeness (QED) is 0.702. The lowest BCUT2D eigenvalue weighted by Gasteiger charge is -2.36. The molecule has 0 aliphatic carbocycles. The van der Waals surface area contributed by atoms with E-state index in [-0.39, 0.29) is 6.04 Å². The number of rotatable bonds is 2. The van der Waals surface area contributed by atoms with Crippen LogP contribution in [0.25, 0.3) is 0 Å². The highest BCUT2D eigenvalue weighted by molar-refractivity contribution is 5.63. The van der Waals surface area contributed by atoms with Gasteiger partial charge in [0.2, 0.25) is 5.95 Å². The maximum Gasteiger partial charge on any atom is 0.223 e. The number of aliphatic hydroxyl groups excluding tert-OH is 1. The molecular formula is C14H24N6O. The summed E-state index contributed by atoms with van der Waals surface area (Å²) in [5, 5.41) is 13.1. The van der Waals surface area contributed by atoms with E-state index in [1.54, 1.807) is 6.92 Å². The van der Waals surface area contributed by atoms with Gasteiger partial charge in [0.05, 0.1) is 12.1 Å². The van der Waals surface area contributed by atoms with Gasteiger partial charge in [0.25, 0.3) is 0 Å². The van der Waals surface area contributed by atoms with E-state index in [9.17, 15) is 5.11 Å². The van der Waals surface area contributed by atoms with Crippen molar-refractivity contribution in [3.63, 3.8) is 0 Å². The van der Waals surface area contributed by atoms with Gasteiger partial charge in [-0.25, -0.2) is 0 Å². The first-order valence-corrected chi connectivity index (χ1v) is 7.59. The van der Waals surface area contributed by atoms with Crippen molar-refractivity contribution in [3.8, 4) is 0 Å². The third kappa shape index (κ3) is 2.89. The zero-order valence-corrected chi connectivity index (χ0v) is 12.7. The SMILES string of the molecule is CC(O)C1CCc2c(nc(N)nc2N2CCN(C)CC2)N1. The van der Waals surface area contributed by atoms with Crippen LogP contribution in [0.15, 0.2) is 0 Å². The normalized spacial score (nSPS) is 24.3. The highest BCUT2D eigenvalue weighted by Crippen LogP contribution is 2.32. The lowest BCUT2D eigenvalue weighted by molar-refractivity contribution is 0.165. The van der Waals surface area contributed by atoms with Gasteiger partial charge in [0, 0.05) is 31.7 Å². The van der Waals surface area contributed by atoms with Crippen molar-refractivity contribution >= 4 is 17.6 Å². The summed E-state index contributed by atoms with van der Waals surface area (Å²) < 4.78 is 0. The van der Waals surface area contributed by atoms with Gasteiger partial charge < -0.3 is 26.0 Å². The summed E-state index contributed by atoms with van der Waals surface area (Å²) in [6.07, 6.45) is 1.36. The number of nitrogens with two attached hydrogens (primary N) is 1. The molecule has 0 saturated carbocycles. The highest BCUT2D eigenvalue weighted by Gasteiger charge is 2.28. The summed E-state index contributed by atoms with van der Waals surface area (Å²) in [6.45, 7) is 5.78. The Labute approximate surface area is 125 Å². The topological polar surface area (TPSA) is 90.5 Å². The van der Waals surface area contributed by atoms with E-state index in [0.29, 0.717) is 5.95 Å². The van der Waals surface area contributed by atoms with Gasteiger partial charge in [-0.15, -0.1) is 0 Å². The van der Waals surface area contributed by atoms with Crippen molar-refractivity contribution in [2.75, 3.05) is 49.2 Å². The molecule has 2 atom stereocenters. The van der Waals surface area contributed by atoms with Gasteiger partial charge in [-0.3, -0.25) is 0 Å². The number of nitrogens with one attached hydrogen (secondary N) is 1. The van der Waals surface area contributed by atoms with Crippen molar-refractivity contribution in [3.05, 3.63) is 5.56 Å². The van der Waals surface area contributed by atoms with Gasteiger partial charge in [-0.2, -0.15) is 9.97 Å². The lowest BCUT2D eigenvalue weighted by Crippen LogP contribution is -2.45. The average molecular weight is 292 g/mol. The number of aliphatic hydroxyl groups is 1. The van der Waals surface area contributed by atoms with E-state index in [1.807, 2.05) is 0 Å². The fraction of sp³-hybridized carbons (Fsp3) is 0.714. The first-order chi connectivity index (χ1) is 10.0. The van der Waals surface area contributed by atoms with Crippen LogP contribution in [0.5, 0.6) is 0 Å². The Bertz CT molecular complexity index is 512. The van der Waals surface area contributed by atoms with Crippen LogP contribution < -0.4 is 16.0 Å². The summed E-state index contributed by atoms with van der Waals surface area (Å²) >= 11 is 0. The number of nitrogen functional groups attached to an aromatic ring is 1. The monoisotopic (exact) mass is 292 g/mol. The number of piperazine rings is 1. The van der Waals surface area contributed by atoms with E-state index >= 15 is 0 Å². The molecule has 1 aromatic heterocycles. The molecule has 3 heterocycles. The van der Waals surface area contributed by atoms with Crippen molar-refractivity contribution in [2.24, 2.45) is 0 Å². The van der Waals surface area contributed by atoms with E-state index < -0.39 is 6.10 Å². The number of fused-ring (bicyclic) bond motifs is 1. The molecule has 0 spiro atoms. The van der Waals surface area contributed by atoms with Gasteiger partial charge in [0.15, 0.2) is 0 Å². The van der Waals surface area contributed by atoms with E-state index in [1.165, 1.54) is 0 Å². The van der Waals surface area contributed by atoms with Crippen LogP contribution in [0.3, 0.4) is 0 Å². The standard InChI is InChI=1S/C14H24N6O/c1-9(21)11-4-3-10-12(16-11)17-14(15)18-13(10)20-7-5-19(2)6-8-20/h9,11,21H,3-8H2,1-2H3,(H3,15,16,17,18). The zero-order chi connectivity index (χ0) is 15.0. The second-order valence-electron chi connectivity index (χ2n) is 6.05. The number of hydrogen-bond donors (Lipinski definition) is 3. The molecule has 0 radical (unpaired) electrons. The number of nitrogens with zero attached hydrogens (tertiary/aromatic N) is 4. The van der Waals surface area contributed by atoms with Crippen LogP contribution in [0.2, 0.25) is 0 Å². The van der Waals surface area contributed by atoms with E-state index in [0.717, 1.165) is 56.2 Å².